The van der Waals surface area contributed by atoms with Crippen molar-refractivity contribution < 1.29 is 8.42 Å². The average molecular weight is 373 g/mol. The minimum atomic E-state index is -3.50. The molecule has 0 aliphatic heterocycles. The second kappa shape index (κ2) is 15.6. The molecule has 0 aromatic carbocycles. The Kier molecular flexibility index (Phi) is 15.3. The standard InChI is InChI=1S/C20H40N2O2S/c1-4-7-10-11-12-13-16-20(19-21)25(23,24)22(17-14-8-5-2)18-15-9-6-3/h20H,4-18H2,1-3H3. The first-order valence-electron chi connectivity index (χ1n) is 10.4. The largest absolute Gasteiger partial charge is 0.230 e. The van der Waals surface area contributed by atoms with Crippen LogP contribution in [0.1, 0.15) is 104 Å². The SMILES string of the molecule is CCCCCCCCC(C#N)S(=O)(=O)N(CCCCC)CCCCC. The van der Waals surface area contributed by atoms with Crippen LogP contribution < -0.4 is 0 Å². The van der Waals surface area contributed by atoms with E-state index in [1.807, 2.05) is 0 Å². The van der Waals surface area contributed by atoms with E-state index in [1.54, 1.807) is 4.31 Å². The fourth-order valence-electron chi connectivity index (χ4n) is 3.01. The highest BCUT2D eigenvalue weighted by Gasteiger charge is 2.31. The molecule has 5 heteroatoms. The molecular formula is C20H40N2O2S. The van der Waals surface area contributed by atoms with Gasteiger partial charge in [-0.1, -0.05) is 85.0 Å². The van der Waals surface area contributed by atoms with Crippen LogP contribution in [-0.4, -0.2) is 31.1 Å². The summed E-state index contributed by atoms with van der Waals surface area (Å²) < 4.78 is 27.4. The number of unbranched alkanes of at least 4 members (excludes halogenated alkanes) is 9. The molecule has 0 fully saturated rings. The molecule has 25 heavy (non-hydrogen) atoms. The van der Waals surface area contributed by atoms with E-state index in [4.69, 9.17) is 0 Å². The molecule has 1 unspecified atom stereocenters. The van der Waals surface area contributed by atoms with Gasteiger partial charge in [0, 0.05) is 13.1 Å². The summed E-state index contributed by atoms with van der Waals surface area (Å²) in [7, 11) is -3.50. The molecule has 4 nitrogen and oxygen atoms in total. The normalized spacial score (nSPS) is 13.1. The Labute approximate surface area is 157 Å². The fourth-order valence-corrected chi connectivity index (χ4v) is 4.74. The van der Waals surface area contributed by atoms with Crippen molar-refractivity contribution in [3.05, 3.63) is 0 Å². The van der Waals surface area contributed by atoms with Crippen LogP contribution in [0.2, 0.25) is 0 Å². The van der Waals surface area contributed by atoms with E-state index in [-0.39, 0.29) is 0 Å². The minimum Gasteiger partial charge on any atom is -0.211 e. The van der Waals surface area contributed by atoms with E-state index in [9.17, 15) is 13.7 Å². The van der Waals surface area contributed by atoms with E-state index < -0.39 is 15.3 Å². The fraction of sp³-hybridized carbons (Fsp3) is 0.950. The van der Waals surface area contributed by atoms with Gasteiger partial charge in [-0.2, -0.15) is 5.26 Å². The molecule has 148 valence electrons. The van der Waals surface area contributed by atoms with E-state index in [0.29, 0.717) is 19.5 Å². The third-order valence-corrected chi connectivity index (χ3v) is 6.85. The Morgan fingerprint density at radius 2 is 1.20 bits per heavy atom. The second-order valence-electron chi connectivity index (χ2n) is 7.03. The Morgan fingerprint density at radius 3 is 1.68 bits per heavy atom. The summed E-state index contributed by atoms with van der Waals surface area (Å²) in [5, 5.41) is 8.57. The average Bonchev–Trinajstić information content (AvgIpc) is 2.59. The summed E-state index contributed by atoms with van der Waals surface area (Å²) in [6.07, 6.45) is 13.1. The molecule has 0 radical (unpaired) electrons. The summed E-state index contributed by atoms with van der Waals surface area (Å²) in [5.74, 6) is 0. The van der Waals surface area contributed by atoms with Crippen molar-refractivity contribution in [2.24, 2.45) is 0 Å². The number of nitriles is 1. The van der Waals surface area contributed by atoms with Crippen LogP contribution in [-0.2, 0) is 10.0 Å². The van der Waals surface area contributed by atoms with Crippen LogP contribution in [0.4, 0.5) is 0 Å². The molecule has 0 aromatic heterocycles. The Hall–Kier alpha value is -0.600. The molecule has 1 atom stereocenters. The zero-order valence-corrected chi connectivity index (χ0v) is 17.6. The Morgan fingerprint density at radius 1 is 0.760 bits per heavy atom. The first kappa shape index (κ1) is 24.4. The minimum absolute atomic E-state index is 0.475. The number of hydrogen-bond acceptors (Lipinski definition) is 3. The summed E-state index contributed by atoms with van der Waals surface area (Å²) >= 11 is 0. The van der Waals surface area contributed by atoms with Crippen LogP contribution >= 0.6 is 0 Å². The third kappa shape index (κ3) is 10.9. The van der Waals surface area contributed by atoms with Crippen molar-refractivity contribution >= 4 is 10.0 Å². The van der Waals surface area contributed by atoms with Crippen LogP contribution in [0.25, 0.3) is 0 Å². The Bertz CT molecular complexity index is 433. The predicted molar refractivity (Wildman–Crippen MR) is 107 cm³/mol. The lowest BCUT2D eigenvalue weighted by Crippen LogP contribution is -2.39. The third-order valence-electron chi connectivity index (χ3n) is 4.71. The molecule has 0 amide bonds. The molecule has 0 saturated heterocycles. The predicted octanol–water partition coefficient (Wildman–Crippen LogP) is 5.64. The molecule has 0 aliphatic carbocycles. The van der Waals surface area contributed by atoms with Crippen molar-refractivity contribution in [3.8, 4) is 6.07 Å². The topological polar surface area (TPSA) is 61.2 Å². The van der Waals surface area contributed by atoms with Crippen molar-refractivity contribution in [2.45, 2.75) is 109 Å². The molecule has 0 bridgehead atoms. The van der Waals surface area contributed by atoms with Gasteiger partial charge >= 0.3 is 0 Å². The lowest BCUT2D eigenvalue weighted by Gasteiger charge is -2.24. The van der Waals surface area contributed by atoms with Gasteiger partial charge in [0.05, 0.1) is 6.07 Å². The van der Waals surface area contributed by atoms with Crippen molar-refractivity contribution in [3.63, 3.8) is 0 Å². The zero-order chi connectivity index (χ0) is 19.0. The lowest BCUT2D eigenvalue weighted by atomic mass is 10.1. The van der Waals surface area contributed by atoms with E-state index >= 15 is 0 Å². The molecule has 0 rings (SSSR count). The highest BCUT2D eigenvalue weighted by Crippen LogP contribution is 2.18. The molecule has 0 N–H and O–H groups in total. The number of rotatable bonds is 17. The van der Waals surface area contributed by atoms with Crippen molar-refractivity contribution in [2.75, 3.05) is 13.1 Å². The van der Waals surface area contributed by atoms with Crippen LogP contribution in [0.5, 0.6) is 0 Å². The molecule has 0 aliphatic rings. The van der Waals surface area contributed by atoms with Gasteiger partial charge in [0.1, 0.15) is 0 Å². The Balaban J connectivity index is 4.64. The molecule has 0 aromatic rings. The van der Waals surface area contributed by atoms with Gasteiger partial charge in [0.15, 0.2) is 5.25 Å². The number of sulfonamides is 1. The lowest BCUT2D eigenvalue weighted by molar-refractivity contribution is 0.384. The van der Waals surface area contributed by atoms with Gasteiger partial charge in [-0.25, -0.2) is 12.7 Å². The van der Waals surface area contributed by atoms with Gasteiger partial charge in [0.25, 0.3) is 0 Å². The molecule has 0 saturated carbocycles. The first-order chi connectivity index (χ1) is 12.0. The van der Waals surface area contributed by atoms with Gasteiger partial charge in [-0.05, 0) is 19.3 Å². The van der Waals surface area contributed by atoms with E-state index in [0.717, 1.165) is 57.8 Å². The van der Waals surface area contributed by atoms with Crippen LogP contribution in [0.3, 0.4) is 0 Å². The maximum atomic E-state index is 12.9. The van der Waals surface area contributed by atoms with Gasteiger partial charge in [-0.3, -0.25) is 0 Å². The number of nitrogens with zero attached hydrogens (tertiary/aromatic N) is 2. The highest BCUT2D eigenvalue weighted by atomic mass is 32.2. The number of hydrogen-bond donors (Lipinski definition) is 0. The summed E-state index contributed by atoms with van der Waals surface area (Å²) in [4.78, 5) is 0. The molecule has 0 heterocycles. The van der Waals surface area contributed by atoms with Crippen LogP contribution in [0.15, 0.2) is 0 Å². The maximum absolute atomic E-state index is 12.9. The monoisotopic (exact) mass is 372 g/mol. The van der Waals surface area contributed by atoms with Crippen molar-refractivity contribution in [1.29, 1.82) is 5.26 Å². The van der Waals surface area contributed by atoms with E-state index in [1.165, 1.54) is 19.3 Å². The molecular weight excluding hydrogens is 332 g/mol. The van der Waals surface area contributed by atoms with Crippen LogP contribution in [0, 0.1) is 11.3 Å². The van der Waals surface area contributed by atoms with Crippen molar-refractivity contribution in [1.82, 2.24) is 4.31 Å². The summed E-state index contributed by atoms with van der Waals surface area (Å²) in [6, 6.07) is 2.08. The van der Waals surface area contributed by atoms with Gasteiger partial charge in [-0.15, -0.1) is 0 Å². The van der Waals surface area contributed by atoms with Gasteiger partial charge in [0.2, 0.25) is 10.0 Å². The first-order valence-corrected chi connectivity index (χ1v) is 11.9. The zero-order valence-electron chi connectivity index (χ0n) is 16.8. The van der Waals surface area contributed by atoms with E-state index in [2.05, 4.69) is 26.8 Å². The maximum Gasteiger partial charge on any atom is 0.230 e. The summed E-state index contributed by atoms with van der Waals surface area (Å²) in [6.45, 7) is 7.55. The quantitative estimate of drug-likeness (QED) is 0.310. The van der Waals surface area contributed by atoms with Gasteiger partial charge < -0.3 is 0 Å². The summed E-state index contributed by atoms with van der Waals surface area (Å²) in [5.41, 5.74) is 0. The smallest absolute Gasteiger partial charge is 0.211 e. The second-order valence-corrected chi connectivity index (χ2v) is 9.15. The highest BCUT2D eigenvalue weighted by molar-refractivity contribution is 7.90. The molecule has 0 spiro atoms.